The maximum Gasteiger partial charge on any atom is 0.317 e. The smallest absolute Gasteiger partial charge is 0.317 e. The highest BCUT2D eigenvalue weighted by molar-refractivity contribution is 7.09. The average Bonchev–Trinajstić information content (AvgIpc) is 3.48. The zero-order valence-electron chi connectivity index (χ0n) is 27.0. The summed E-state index contributed by atoms with van der Waals surface area (Å²) in [6.07, 6.45) is -0.839. The lowest BCUT2D eigenvalue weighted by atomic mass is 9.97. The normalized spacial score (nSPS) is 14.0. The molecule has 13 heteroatoms. The number of hydrogen-bond acceptors (Lipinski definition) is 7. The van der Waals surface area contributed by atoms with E-state index in [1.807, 2.05) is 75.5 Å². The second-order valence-corrected chi connectivity index (χ2v) is 12.9. The molecule has 0 fully saturated rings. The highest BCUT2D eigenvalue weighted by Crippen LogP contribution is 2.21. The van der Waals surface area contributed by atoms with Gasteiger partial charge in [-0.15, -0.1) is 11.3 Å². The minimum absolute atomic E-state index is 0.173. The Morgan fingerprint density at radius 1 is 0.773 bits per heavy atom. The summed E-state index contributed by atoms with van der Waals surface area (Å²) >= 11 is 1.54. The van der Waals surface area contributed by atoms with E-state index in [4.69, 9.17) is 0 Å². The highest BCUT2D eigenvalue weighted by Gasteiger charge is 2.31. The first-order valence-corrected chi connectivity index (χ1v) is 15.7. The van der Waals surface area contributed by atoms with Crippen LogP contribution in [0, 0.1) is 11.8 Å². The Kier molecular flexibility index (Phi) is 14.6. The second kappa shape index (κ2) is 17.6. The van der Waals surface area contributed by atoms with Gasteiger partial charge in [-0.1, -0.05) is 64.1 Å². The van der Waals surface area contributed by atoms with Crippen molar-refractivity contribution in [2.75, 3.05) is 34.7 Å². The van der Waals surface area contributed by atoms with Crippen LogP contribution in [0.3, 0.4) is 0 Å². The number of carbonyl (C=O) groups excluding carboxylic acids is 4. The Labute approximate surface area is 265 Å². The van der Waals surface area contributed by atoms with E-state index in [9.17, 15) is 24.3 Å². The molecule has 1 aromatic carbocycles. The summed E-state index contributed by atoms with van der Waals surface area (Å²) in [4.78, 5) is 55.2. The molecule has 0 aliphatic rings. The van der Waals surface area contributed by atoms with Crippen LogP contribution in [-0.2, 0) is 16.1 Å². The highest BCUT2D eigenvalue weighted by atomic mass is 32.1. The summed E-state index contributed by atoms with van der Waals surface area (Å²) in [5, 5.41) is 23.6. The van der Waals surface area contributed by atoms with Gasteiger partial charge in [-0.3, -0.25) is 15.0 Å². The molecule has 44 heavy (non-hydrogen) atoms. The number of benzene rings is 1. The first-order chi connectivity index (χ1) is 20.7. The Balaban J connectivity index is 2.25. The number of amides is 6. The third-order valence-corrected chi connectivity index (χ3v) is 7.86. The summed E-state index contributed by atoms with van der Waals surface area (Å²) in [6.45, 7) is 8.02. The van der Waals surface area contributed by atoms with Crippen molar-refractivity contribution in [2.24, 2.45) is 11.8 Å². The number of hydrogen-bond donors (Lipinski definition) is 5. The lowest BCUT2D eigenvalue weighted by Crippen LogP contribution is -2.56. The molecule has 1 heterocycles. The summed E-state index contributed by atoms with van der Waals surface area (Å²) in [5.41, 5.74) is 3.64. The molecule has 0 bridgehead atoms. The first kappa shape index (κ1) is 36.5. The van der Waals surface area contributed by atoms with E-state index < -0.39 is 36.2 Å². The Hall–Kier alpha value is -3.68. The molecule has 2 aromatic rings. The maximum absolute atomic E-state index is 13.4. The van der Waals surface area contributed by atoms with Crippen molar-refractivity contribution in [3.05, 3.63) is 58.3 Å². The van der Waals surface area contributed by atoms with Crippen molar-refractivity contribution in [2.45, 2.75) is 64.9 Å². The molecule has 5 N–H and O–H groups in total. The van der Waals surface area contributed by atoms with Gasteiger partial charge in [0, 0.05) is 39.6 Å². The fourth-order valence-electron chi connectivity index (χ4n) is 4.34. The topological polar surface area (TPSA) is 146 Å². The monoisotopic (exact) mass is 631 g/mol. The summed E-state index contributed by atoms with van der Waals surface area (Å²) in [6, 6.07) is 9.89. The number of nitrogens with one attached hydrogen (secondary N) is 4. The number of thiophene rings is 1. The molecular weight excluding hydrogens is 582 g/mol. The predicted octanol–water partition coefficient (Wildman–Crippen LogP) is 2.78. The van der Waals surface area contributed by atoms with Gasteiger partial charge in [0.25, 0.3) is 5.91 Å². The van der Waals surface area contributed by atoms with Gasteiger partial charge < -0.3 is 30.9 Å². The molecule has 2 rings (SSSR count). The van der Waals surface area contributed by atoms with Gasteiger partial charge in [0.1, 0.15) is 12.1 Å². The van der Waals surface area contributed by atoms with Gasteiger partial charge in [-0.25, -0.2) is 14.6 Å². The number of carbonyl (C=O) groups is 4. The minimum Gasteiger partial charge on any atom is -0.391 e. The van der Waals surface area contributed by atoms with Crippen molar-refractivity contribution in [3.8, 4) is 0 Å². The molecule has 4 unspecified atom stereocenters. The Morgan fingerprint density at radius 3 is 1.80 bits per heavy atom. The van der Waals surface area contributed by atoms with Crippen LogP contribution in [0.2, 0.25) is 0 Å². The van der Waals surface area contributed by atoms with Crippen LogP contribution in [0.5, 0.6) is 0 Å². The van der Waals surface area contributed by atoms with Crippen LogP contribution in [0.4, 0.5) is 9.59 Å². The molecule has 244 valence electrons. The summed E-state index contributed by atoms with van der Waals surface area (Å²) in [7, 11) is 6.41. The van der Waals surface area contributed by atoms with Crippen molar-refractivity contribution in [1.29, 1.82) is 0 Å². The molecule has 1 aromatic heterocycles. The van der Waals surface area contributed by atoms with E-state index in [0.29, 0.717) is 12.1 Å². The molecule has 0 radical (unpaired) electrons. The minimum atomic E-state index is -1.03. The van der Waals surface area contributed by atoms with E-state index in [1.54, 1.807) is 33.2 Å². The van der Waals surface area contributed by atoms with E-state index >= 15 is 0 Å². The Morgan fingerprint density at radius 2 is 1.32 bits per heavy atom. The van der Waals surface area contributed by atoms with Gasteiger partial charge >= 0.3 is 12.1 Å². The van der Waals surface area contributed by atoms with Gasteiger partial charge in [-0.05, 0) is 35.3 Å². The number of nitrogens with zero attached hydrogens (tertiary/aromatic N) is 3. The fraction of sp³-hybridized carbons (Fsp3) is 0.548. The number of hydrazine groups is 1. The van der Waals surface area contributed by atoms with Crippen LogP contribution in [0.25, 0.3) is 0 Å². The zero-order chi connectivity index (χ0) is 33.0. The molecule has 0 saturated carbocycles. The molecule has 6 amide bonds. The SMILES string of the molecule is CC(C)C(NC(=O)N(C)C)C(=O)NC(c1ccccc1)C(O)CCN(Cc1cccs1)NC(=O)C(NC(=O)N(C)C)C(C)C. The molecule has 0 spiro atoms. The van der Waals surface area contributed by atoms with Crippen molar-refractivity contribution in [1.82, 2.24) is 36.2 Å². The second-order valence-electron chi connectivity index (χ2n) is 11.9. The molecule has 4 atom stereocenters. The Bertz CT molecular complexity index is 1190. The van der Waals surface area contributed by atoms with Gasteiger partial charge in [0.05, 0.1) is 18.7 Å². The molecular formula is C31H49N7O5S. The summed E-state index contributed by atoms with van der Waals surface area (Å²) < 4.78 is 0. The standard InChI is InChI=1S/C31H49N7O5S/c1-20(2)25(33-30(42)36(5)6)28(40)32-27(22-13-10-9-11-14-22)24(39)16-17-38(19-23-15-12-18-44-23)35-29(41)26(21(3)4)34-31(43)37(7)8/h9-15,18,20-21,24-27,39H,16-17,19H2,1-8H3,(H,32,40)(H,33,42)(H,34,43)(H,35,41). The van der Waals surface area contributed by atoms with Crippen LogP contribution in [-0.4, -0.2) is 96.7 Å². The number of rotatable bonds is 15. The van der Waals surface area contributed by atoms with Crippen molar-refractivity contribution < 1.29 is 24.3 Å². The third kappa shape index (κ3) is 11.4. The quantitative estimate of drug-likeness (QED) is 0.191. The molecule has 12 nitrogen and oxygen atoms in total. The molecule has 0 aliphatic carbocycles. The van der Waals surface area contributed by atoms with Crippen LogP contribution < -0.4 is 21.4 Å². The van der Waals surface area contributed by atoms with E-state index in [-0.39, 0.29) is 36.7 Å². The number of aliphatic hydroxyl groups is 1. The van der Waals surface area contributed by atoms with Crippen LogP contribution in [0.15, 0.2) is 47.8 Å². The summed E-state index contributed by atoms with van der Waals surface area (Å²) in [5.74, 6) is -1.16. The maximum atomic E-state index is 13.4. The average molecular weight is 632 g/mol. The van der Waals surface area contributed by atoms with E-state index in [1.165, 1.54) is 21.1 Å². The number of urea groups is 2. The first-order valence-electron chi connectivity index (χ1n) is 14.8. The van der Waals surface area contributed by atoms with Crippen LogP contribution in [0.1, 0.15) is 50.6 Å². The van der Waals surface area contributed by atoms with Gasteiger partial charge in [0.2, 0.25) is 5.91 Å². The predicted molar refractivity (Wildman–Crippen MR) is 173 cm³/mol. The lowest BCUT2D eigenvalue weighted by molar-refractivity contribution is -0.129. The van der Waals surface area contributed by atoms with Gasteiger partial charge in [0.15, 0.2) is 0 Å². The van der Waals surface area contributed by atoms with Crippen molar-refractivity contribution in [3.63, 3.8) is 0 Å². The molecule has 0 aliphatic heterocycles. The van der Waals surface area contributed by atoms with Crippen molar-refractivity contribution >= 4 is 35.2 Å². The van der Waals surface area contributed by atoms with Crippen LogP contribution >= 0.6 is 11.3 Å². The molecule has 0 saturated heterocycles. The third-order valence-electron chi connectivity index (χ3n) is 7.00. The fourth-order valence-corrected chi connectivity index (χ4v) is 5.06. The number of aliphatic hydroxyl groups excluding tert-OH is 1. The van der Waals surface area contributed by atoms with E-state index in [2.05, 4.69) is 21.4 Å². The van der Waals surface area contributed by atoms with E-state index in [0.717, 1.165) is 4.88 Å². The lowest BCUT2D eigenvalue weighted by Gasteiger charge is -2.31. The zero-order valence-corrected chi connectivity index (χ0v) is 27.9. The largest absolute Gasteiger partial charge is 0.391 e. The van der Waals surface area contributed by atoms with Gasteiger partial charge in [-0.2, -0.15) is 0 Å².